The molecule has 0 saturated carbocycles. The van der Waals surface area contributed by atoms with Gasteiger partial charge in [0.1, 0.15) is 11.0 Å². The van der Waals surface area contributed by atoms with Crippen molar-refractivity contribution in [1.29, 1.82) is 0 Å². The lowest BCUT2D eigenvalue weighted by atomic mass is 9.99. The van der Waals surface area contributed by atoms with Crippen molar-refractivity contribution in [3.05, 3.63) is 176 Å². The summed E-state index contributed by atoms with van der Waals surface area (Å²) in [5, 5.41) is 11.2. The van der Waals surface area contributed by atoms with Gasteiger partial charge in [0.15, 0.2) is 11.2 Å². The van der Waals surface area contributed by atoms with E-state index in [4.69, 9.17) is 23.8 Å². The monoisotopic (exact) mass is 715 g/mol. The van der Waals surface area contributed by atoms with E-state index in [9.17, 15) is 0 Å². The van der Waals surface area contributed by atoms with Crippen molar-refractivity contribution in [2.24, 2.45) is 0 Å². The molecule has 0 saturated heterocycles. The smallest absolute Gasteiger partial charge is 0.227 e. The molecule has 0 aliphatic heterocycles. The summed E-state index contributed by atoms with van der Waals surface area (Å²) in [6.07, 6.45) is 0. The Hall–Kier alpha value is -7.63. The van der Waals surface area contributed by atoms with Crippen LogP contribution in [0, 0.1) is 0 Å². The van der Waals surface area contributed by atoms with E-state index in [0.717, 1.165) is 98.9 Å². The van der Waals surface area contributed by atoms with Crippen molar-refractivity contribution in [2.75, 3.05) is 0 Å². The van der Waals surface area contributed by atoms with E-state index in [0.29, 0.717) is 11.8 Å². The molecule has 260 valence electrons. The first-order valence-electron chi connectivity index (χ1n) is 18.8. The lowest BCUT2D eigenvalue weighted by Crippen LogP contribution is -1.91. The van der Waals surface area contributed by atoms with E-state index in [2.05, 4.69) is 164 Å². The first kappa shape index (κ1) is 30.8. The number of pyridine rings is 1. The largest absolute Gasteiger partial charge is 0.435 e. The van der Waals surface area contributed by atoms with Crippen molar-refractivity contribution >= 4 is 76.1 Å². The van der Waals surface area contributed by atoms with Crippen LogP contribution in [0.4, 0.5) is 0 Å². The minimum Gasteiger partial charge on any atom is -0.435 e. The summed E-state index contributed by atoms with van der Waals surface area (Å²) in [5.41, 5.74) is 9.03. The molecule has 0 radical (unpaired) electrons. The molecule has 3 aromatic heterocycles. The number of fused-ring (bicyclic) bond motifs is 13. The molecular weight excluding hydrogens is 687 g/mol. The summed E-state index contributed by atoms with van der Waals surface area (Å²) in [7, 11) is 0. The Kier molecular flexibility index (Phi) is 6.56. The van der Waals surface area contributed by atoms with Gasteiger partial charge in [0.05, 0.1) is 11.4 Å². The van der Waals surface area contributed by atoms with Gasteiger partial charge in [0.25, 0.3) is 0 Å². The Bertz CT molecular complexity index is 3380. The summed E-state index contributed by atoms with van der Waals surface area (Å²) in [4.78, 5) is 15.3. The van der Waals surface area contributed by atoms with Crippen molar-refractivity contribution in [3.63, 3.8) is 0 Å². The van der Waals surface area contributed by atoms with Gasteiger partial charge in [-0.05, 0) is 57.3 Å². The Morgan fingerprint density at radius 1 is 0.304 bits per heavy atom. The quantitative estimate of drug-likeness (QED) is 0.170. The van der Waals surface area contributed by atoms with Gasteiger partial charge in [-0.3, -0.25) is 0 Å². The third kappa shape index (κ3) is 4.64. The molecule has 3 heterocycles. The number of benzene rings is 9. The molecule has 0 spiro atoms. The first-order chi connectivity index (χ1) is 27.7. The molecule has 56 heavy (non-hydrogen) atoms. The number of rotatable bonds is 4. The van der Waals surface area contributed by atoms with Crippen molar-refractivity contribution < 1.29 is 8.83 Å². The zero-order valence-corrected chi connectivity index (χ0v) is 29.9. The maximum absolute atomic E-state index is 6.53. The van der Waals surface area contributed by atoms with Crippen LogP contribution < -0.4 is 0 Å². The van der Waals surface area contributed by atoms with Crippen LogP contribution in [-0.4, -0.2) is 15.0 Å². The van der Waals surface area contributed by atoms with Crippen LogP contribution in [0.25, 0.3) is 121 Å². The van der Waals surface area contributed by atoms with Gasteiger partial charge in [0, 0.05) is 49.2 Å². The van der Waals surface area contributed by atoms with Gasteiger partial charge >= 0.3 is 0 Å². The van der Waals surface area contributed by atoms with E-state index < -0.39 is 0 Å². The average molecular weight is 716 g/mol. The second-order valence-electron chi connectivity index (χ2n) is 14.3. The molecule has 9 aromatic carbocycles. The molecule has 12 rings (SSSR count). The van der Waals surface area contributed by atoms with E-state index in [1.54, 1.807) is 0 Å². The normalized spacial score (nSPS) is 11.9. The maximum atomic E-state index is 6.53. The van der Waals surface area contributed by atoms with Crippen molar-refractivity contribution in [1.82, 2.24) is 15.0 Å². The van der Waals surface area contributed by atoms with Crippen LogP contribution in [0.3, 0.4) is 0 Å². The van der Waals surface area contributed by atoms with Gasteiger partial charge in [-0.1, -0.05) is 146 Å². The standard InChI is InChI=1S/C51H29N3O2/c1-2-12-35-34(11-1)29-44(30-21-25-32(26-22-30)50-53-46-40-17-7-3-13-36(40)38-15-5-9-19-42(38)48(46)55-50)52-45(35)31-23-27-33(28-24-31)51-54-47-41-18-8-4-14-37(41)39-16-6-10-20-43(39)49(47)56-51/h1-29H. The number of nitrogens with zero attached hydrogens (tertiary/aromatic N) is 3. The molecule has 0 unspecified atom stereocenters. The Morgan fingerprint density at radius 2 is 0.679 bits per heavy atom. The van der Waals surface area contributed by atoms with Crippen LogP contribution in [0.15, 0.2) is 185 Å². The molecule has 5 heteroatoms. The Balaban J connectivity index is 0.922. The molecule has 0 fully saturated rings. The van der Waals surface area contributed by atoms with Gasteiger partial charge in [0.2, 0.25) is 11.8 Å². The van der Waals surface area contributed by atoms with Crippen molar-refractivity contribution in [2.45, 2.75) is 0 Å². The van der Waals surface area contributed by atoms with Crippen LogP contribution >= 0.6 is 0 Å². The molecule has 12 aromatic rings. The van der Waals surface area contributed by atoms with Gasteiger partial charge in [-0.15, -0.1) is 0 Å². The molecule has 5 nitrogen and oxygen atoms in total. The van der Waals surface area contributed by atoms with E-state index in [1.807, 2.05) is 12.1 Å². The zero-order chi connectivity index (χ0) is 36.7. The number of hydrogen-bond acceptors (Lipinski definition) is 5. The van der Waals surface area contributed by atoms with Crippen LogP contribution in [0.2, 0.25) is 0 Å². The predicted molar refractivity (Wildman–Crippen MR) is 229 cm³/mol. The fourth-order valence-electron chi connectivity index (χ4n) is 8.42. The summed E-state index contributed by atoms with van der Waals surface area (Å²) in [6.45, 7) is 0. The van der Waals surface area contributed by atoms with Crippen LogP contribution in [0.1, 0.15) is 0 Å². The molecule has 0 aliphatic rings. The number of hydrogen-bond donors (Lipinski definition) is 0. The summed E-state index contributed by atoms with van der Waals surface area (Å²) >= 11 is 0. The SMILES string of the molecule is c1ccc2c(-c3ccc(-c4nc5c6ccccc6c6ccccc6c5o4)cc3)nc(-c3ccc(-c4nc5c6ccccc6c6ccccc6c5o4)cc3)cc2c1. The van der Waals surface area contributed by atoms with E-state index >= 15 is 0 Å². The fraction of sp³-hybridized carbons (Fsp3) is 0. The highest BCUT2D eigenvalue weighted by Crippen LogP contribution is 2.40. The highest BCUT2D eigenvalue weighted by Gasteiger charge is 2.18. The third-order valence-electron chi connectivity index (χ3n) is 11.1. The fourth-order valence-corrected chi connectivity index (χ4v) is 8.42. The molecule has 0 N–H and O–H groups in total. The number of oxazole rings is 2. The molecule has 0 amide bonds. The second-order valence-corrected chi connectivity index (χ2v) is 14.3. The van der Waals surface area contributed by atoms with Crippen LogP contribution in [-0.2, 0) is 0 Å². The molecule has 0 aliphatic carbocycles. The predicted octanol–water partition coefficient (Wildman–Crippen LogP) is 13.8. The van der Waals surface area contributed by atoms with Gasteiger partial charge in [-0.2, -0.15) is 0 Å². The zero-order valence-electron chi connectivity index (χ0n) is 29.9. The molecule has 0 bridgehead atoms. The Morgan fingerprint density at radius 3 is 1.18 bits per heavy atom. The summed E-state index contributed by atoms with van der Waals surface area (Å²) in [6, 6.07) is 60.9. The lowest BCUT2D eigenvalue weighted by Gasteiger charge is -2.11. The lowest BCUT2D eigenvalue weighted by molar-refractivity contribution is 0.622. The van der Waals surface area contributed by atoms with E-state index in [1.165, 1.54) is 10.8 Å². The molecular formula is C51H29N3O2. The van der Waals surface area contributed by atoms with E-state index in [-0.39, 0.29) is 0 Å². The highest BCUT2D eigenvalue weighted by atomic mass is 16.4. The van der Waals surface area contributed by atoms with Crippen molar-refractivity contribution in [3.8, 4) is 45.4 Å². The van der Waals surface area contributed by atoms with Gasteiger partial charge in [-0.25, -0.2) is 15.0 Å². The van der Waals surface area contributed by atoms with Gasteiger partial charge < -0.3 is 8.83 Å². The Labute approximate surface area is 320 Å². The highest BCUT2D eigenvalue weighted by molar-refractivity contribution is 6.24. The molecule has 0 atom stereocenters. The minimum atomic E-state index is 0.597. The minimum absolute atomic E-state index is 0.597. The average Bonchev–Trinajstić information content (AvgIpc) is 3.94. The summed E-state index contributed by atoms with van der Waals surface area (Å²) < 4.78 is 13.0. The topological polar surface area (TPSA) is 65.0 Å². The van der Waals surface area contributed by atoms with Crippen LogP contribution in [0.5, 0.6) is 0 Å². The first-order valence-corrected chi connectivity index (χ1v) is 18.8. The number of aromatic nitrogens is 3. The summed E-state index contributed by atoms with van der Waals surface area (Å²) in [5.74, 6) is 1.20. The second kappa shape index (κ2) is 11.9. The maximum Gasteiger partial charge on any atom is 0.227 e. The third-order valence-corrected chi connectivity index (χ3v) is 11.1.